The number of nitrogens with zero attached hydrogens (tertiary/aromatic N) is 3. The van der Waals surface area contributed by atoms with E-state index < -0.39 is 0 Å². The van der Waals surface area contributed by atoms with Crippen LogP contribution in [0.15, 0.2) is 30.3 Å². The first-order valence-corrected chi connectivity index (χ1v) is 8.53. The number of nitrogens with one attached hydrogen (secondary N) is 1. The Morgan fingerprint density at radius 3 is 2.95 bits per heavy atom. The molecule has 1 aromatic heterocycles. The highest BCUT2D eigenvalue weighted by Crippen LogP contribution is 2.15. The van der Waals surface area contributed by atoms with Crippen molar-refractivity contribution in [2.24, 2.45) is 0 Å². The molecule has 6 heteroatoms. The lowest BCUT2D eigenvalue weighted by atomic mass is 10.2. The summed E-state index contributed by atoms with van der Waals surface area (Å²) < 4.78 is 5.95. The molecule has 2 heterocycles. The smallest absolute Gasteiger partial charge is 0.205 e. The van der Waals surface area contributed by atoms with Crippen molar-refractivity contribution < 1.29 is 4.74 Å². The first-order valence-electron chi connectivity index (χ1n) is 7.71. The summed E-state index contributed by atoms with van der Waals surface area (Å²) in [5.41, 5.74) is 1.36. The highest BCUT2D eigenvalue weighted by Gasteiger charge is 2.19. The molecule has 1 aliphatic rings. The molecule has 1 aromatic carbocycles. The van der Waals surface area contributed by atoms with Gasteiger partial charge in [0, 0.05) is 32.8 Å². The Bertz CT molecular complexity index is 575. The van der Waals surface area contributed by atoms with Crippen LogP contribution in [0.5, 0.6) is 0 Å². The van der Waals surface area contributed by atoms with E-state index in [9.17, 15) is 0 Å². The second-order valence-corrected chi connectivity index (χ2v) is 6.76. The van der Waals surface area contributed by atoms with Crippen LogP contribution >= 0.6 is 11.3 Å². The summed E-state index contributed by atoms with van der Waals surface area (Å²) in [6.07, 6.45) is 1.27. The van der Waals surface area contributed by atoms with E-state index in [2.05, 4.69) is 50.7 Å². The standard InChI is InChI=1S/C16H22N4OS/c1-13-18-19-16(22-13)17-10-15-12-20(8-5-9-21-15)11-14-6-3-2-4-7-14/h2-4,6-7,15H,5,8-12H2,1H3,(H,17,19)/t15-/m1/s1. The molecule has 1 saturated heterocycles. The maximum atomic E-state index is 5.95. The van der Waals surface area contributed by atoms with Crippen LogP contribution in [0.2, 0.25) is 0 Å². The van der Waals surface area contributed by atoms with Crippen molar-refractivity contribution in [1.29, 1.82) is 0 Å². The van der Waals surface area contributed by atoms with Crippen molar-refractivity contribution in [3.05, 3.63) is 40.9 Å². The Morgan fingerprint density at radius 1 is 1.32 bits per heavy atom. The largest absolute Gasteiger partial charge is 0.375 e. The van der Waals surface area contributed by atoms with E-state index >= 15 is 0 Å². The van der Waals surface area contributed by atoms with Gasteiger partial charge >= 0.3 is 0 Å². The van der Waals surface area contributed by atoms with E-state index in [0.29, 0.717) is 0 Å². The SMILES string of the molecule is Cc1nnc(NC[C@@H]2CN(Cc3ccccc3)CCCO2)s1. The maximum Gasteiger partial charge on any atom is 0.205 e. The zero-order chi connectivity index (χ0) is 15.2. The summed E-state index contributed by atoms with van der Waals surface area (Å²) in [7, 11) is 0. The van der Waals surface area contributed by atoms with Crippen LogP contribution < -0.4 is 5.32 Å². The van der Waals surface area contributed by atoms with Gasteiger partial charge in [-0.2, -0.15) is 0 Å². The molecule has 0 radical (unpaired) electrons. The predicted octanol–water partition coefficient (Wildman–Crippen LogP) is 2.55. The molecule has 0 unspecified atom stereocenters. The summed E-state index contributed by atoms with van der Waals surface area (Å²) in [4.78, 5) is 2.47. The minimum atomic E-state index is 0.190. The molecule has 3 rings (SSSR count). The van der Waals surface area contributed by atoms with Gasteiger partial charge in [0.25, 0.3) is 0 Å². The van der Waals surface area contributed by atoms with Gasteiger partial charge in [0.15, 0.2) is 0 Å². The Balaban J connectivity index is 1.53. The molecule has 1 atom stereocenters. The molecule has 1 aliphatic heterocycles. The number of anilines is 1. The molecule has 0 saturated carbocycles. The monoisotopic (exact) mass is 318 g/mol. The van der Waals surface area contributed by atoms with Gasteiger partial charge in [0.05, 0.1) is 6.10 Å². The van der Waals surface area contributed by atoms with E-state index in [1.807, 2.05) is 6.92 Å². The number of aryl methyl sites for hydroxylation is 1. The molecule has 0 spiro atoms. The summed E-state index contributed by atoms with van der Waals surface area (Å²) in [5.74, 6) is 0. The van der Waals surface area contributed by atoms with Crippen molar-refractivity contribution in [1.82, 2.24) is 15.1 Å². The average Bonchev–Trinajstić information content (AvgIpc) is 2.82. The Hall–Kier alpha value is -1.50. The summed E-state index contributed by atoms with van der Waals surface area (Å²) >= 11 is 1.58. The molecular weight excluding hydrogens is 296 g/mol. The van der Waals surface area contributed by atoms with Crippen LogP contribution in [0.3, 0.4) is 0 Å². The molecule has 0 bridgehead atoms. The molecule has 2 aromatic rings. The minimum absolute atomic E-state index is 0.190. The van der Waals surface area contributed by atoms with Gasteiger partial charge < -0.3 is 10.1 Å². The first-order chi connectivity index (χ1) is 10.8. The van der Waals surface area contributed by atoms with Crippen LogP contribution in [-0.2, 0) is 11.3 Å². The minimum Gasteiger partial charge on any atom is -0.375 e. The first kappa shape index (κ1) is 15.4. The van der Waals surface area contributed by atoms with Crippen molar-refractivity contribution >= 4 is 16.5 Å². The Kier molecular flexibility index (Phi) is 5.37. The van der Waals surface area contributed by atoms with Crippen LogP contribution in [0, 0.1) is 6.92 Å². The Labute approximate surface area is 135 Å². The zero-order valence-corrected chi connectivity index (χ0v) is 13.7. The van der Waals surface area contributed by atoms with Gasteiger partial charge in [-0.3, -0.25) is 4.90 Å². The lowest BCUT2D eigenvalue weighted by molar-refractivity contribution is 0.0625. The second kappa shape index (κ2) is 7.67. The second-order valence-electron chi connectivity index (χ2n) is 5.57. The number of hydrogen-bond acceptors (Lipinski definition) is 6. The fourth-order valence-electron chi connectivity index (χ4n) is 2.65. The van der Waals surface area contributed by atoms with Gasteiger partial charge in [0.1, 0.15) is 5.01 Å². The highest BCUT2D eigenvalue weighted by atomic mass is 32.1. The molecule has 22 heavy (non-hydrogen) atoms. The third-order valence-electron chi connectivity index (χ3n) is 3.69. The Morgan fingerprint density at radius 2 is 2.18 bits per heavy atom. The van der Waals surface area contributed by atoms with Crippen LogP contribution in [0.4, 0.5) is 5.13 Å². The van der Waals surface area contributed by atoms with Gasteiger partial charge in [-0.1, -0.05) is 41.7 Å². The van der Waals surface area contributed by atoms with Crippen molar-refractivity contribution in [2.75, 3.05) is 31.6 Å². The number of hydrogen-bond donors (Lipinski definition) is 1. The van der Waals surface area contributed by atoms with E-state index in [1.165, 1.54) is 5.56 Å². The number of rotatable bonds is 5. The summed E-state index contributed by atoms with van der Waals surface area (Å²) in [5, 5.41) is 13.3. The van der Waals surface area contributed by atoms with Crippen LogP contribution in [0.1, 0.15) is 17.0 Å². The lowest BCUT2D eigenvalue weighted by Gasteiger charge is -2.23. The normalized spacial score (nSPS) is 19.8. The van der Waals surface area contributed by atoms with Crippen molar-refractivity contribution in [3.63, 3.8) is 0 Å². The van der Waals surface area contributed by atoms with E-state index in [1.54, 1.807) is 11.3 Å². The van der Waals surface area contributed by atoms with Gasteiger partial charge in [0.2, 0.25) is 5.13 Å². The molecule has 1 N–H and O–H groups in total. The fraction of sp³-hybridized carbons (Fsp3) is 0.500. The summed E-state index contributed by atoms with van der Waals surface area (Å²) in [6, 6.07) is 10.6. The van der Waals surface area contributed by atoms with Gasteiger partial charge in [-0.05, 0) is 18.9 Å². The summed E-state index contributed by atoms with van der Waals surface area (Å²) in [6.45, 7) is 6.58. The van der Waals surface area contributed by atoms with Gasteiger partial charge in [-0.25, -0.2) is 0 Å². The zero-order valence-electron chi connectivity index (χ0n) is 12.9. The van der Waals surface area contributed by atoms with Crippen LogP contribution in [-0.4, -0.2) is 47.4 Å². The lowest BCUT2D eigenvalue weighted by Crippen LogP contribution is -2.35. The topological polar surface area (TPSA) is 50.3 Å². The third-order valence-corrected chi connectivity index (χ3v) is 4.49. The molecule has 118 valence electrons. The quantitative estimate of drug-likeness (QED) is 0.918. The molecule has 0 amide bonds. The highest BCUT2D eigenvalue weighted by molar-refractivity contribution is 7.15. The molecule has 1 fully saturated rings. The molecule has 0 aliphatic carbocycles. The number of benzene rings is 1. The number of aromatic nitrogens is 2. The van der Waals surface area contributed by atoms with Crippen LogP contribution in [0.25, 0.3) is 0 Å². The number of ether oxygens (including phenoxy) is 1. The fourth-order valence-corrected chi connectivity index (χ4v) is 3.25. The third kappa shape index (κ3) is 4.50. The van der Waals surface area contributed by atoms with Crippen molar-refractivity contribution in [2.45, 2.75) is 26.0 Å². The van der Waals surface area contributed by atoms with Crippen molar-refractivity contribution in [3.8, 4) is 0 Å². The van der Waals surface area contributed by atoms with E-state index in [-0.39, 0.29) is 6.10 Å². The predicted molar refractivity (Wildman–Crippen MR) is 89.2 cm³/mol. The maximum absolute atomic E-state index is 5.95. The van der Waals surface area contributed by atoms with E-state index in [0.717, 1.165) is 49.3 Å². The molecule has 5 nitrogen and oxygen atoms in total. The average molecular weight is 318 g/mol. The van der Waals surface area contributed by atoms with E-state index in [4.69, 9.17) is 4.74 Å². The molecular formula is C16H22N4OS. The van der Waals surface area contributed by atoms with Gasteiger partial charge in [-0.15, -0.1) is 10.2 Å².